The SMILES string of the molecule is COc1ccccc1NC(=O)c1cncc(N2CCCC(C)C2)c1. The quantitative estimate of drug-likeness (QED) is 0.933. The lowest BCUT2D eigenvalue weighted by Gasteiger charge is -2.32. The number of piperidine rings is 1. The van der Waals surface area contributed by atoms with Gasteiger partial charge in [0.1, 0.15) is 5.75 Å². The number of hydrogen-bond acceptors (Lipinski definition) is 4. The number of para-hydroxylation sites is 2. The first-order valence-electron chi connectivity index (χ1n) is 8.31. The molecule has 2 heterocycles. The number of pyridine rings is 1. The van der Waals surface area contributed by atoms with Crippen molar-refractivity contribution < 1.29 is 9.53 Å². The summed E-state index contributed by atoms with van der Waals surface area (Å²) in [5.74, 6) is 1.13. The predicted molar refractivity (Wildman–Crippen MR) is 95.8 cm³/mol. The maximum atomic E-state index is 12.6. The van der Waals surface area contributed by atoms with Crippen molar-refractivity contribution in [3.05, 3.63) is 48.3 Å². The normalized spacial score (nSPS) is 17.4. The third-order valence-electron chi connectivity index (χ3n) is 4.36. The van der Waals surface area contributed by atoms with Crippen LogP contribution in [0.4, 0.5) is 11.4 Å². The van der Waals surface area contributed by atoms with Crippen LogP contribution >= 0.6 is 0 Å². The molecule has 1 amide bonds. The third-order valence-corrected chi connectivity index (χ3v) is 4.36. The van der Waals surface area contributed by atoms with Gasteiger partial charge in [0.05, 0.1) is 30.2 Å². The maximum Gasteiger partial charge on any atom is 0.257 e. The molecule has 1 N–H and O–H groups in total. The van der Waals surface area contributed by atoms with Crippen LogP contribution in [-0.2, 0) is 0 Å². The van der Waals surface area contributed by atoms with Gasteiger partial charge in [-0.25, -0.2) is 0 Å². The van der Waals surface area contributed by atoms with E-state index in [-0.39, 0.29) is 5.91 Å². The molecule has 0 bridgehead atoms. The second-order valence-electron chi connectivity index (χ2n) is 6.28. The summed E-state index contributed by atoms with van der Waals surface area (Å²) in [7, 11) is 1.59. The summed E-state index contributed by atoms with van der Waals surface area (Å²) in [5.41, 5.74) is 2.22. The van der Waals surface area contributed by atoms with Gasteiger partial charge in [0.15, 0.2) is 0 Å². The van der Waals surface area contributed by atoms with E-state index in [0.29, 0.717) is 22.9 Å². The molecule has 1 fully saturated rings. The number of ether oxygens (including phenoxy) is 1. The van der Waals surface area contributed by atoms with Crippen LogP contribution in [0.5, 0.6) is 5.75 Å². The van der Waals surface area contributed by atoms with Crippen molar-refractivity contribution in [1.29, 1.82) is 0 Å². The first-order chi connectivity index (χ1) is 11.7. The van der Waals surface area contributed by atoms with E-state index < -0.39 is 0 Å². The monoisotopic (exact) mass is 325 g/mol. The van der Waals surface area contributed by atoms with E-state index in [9.17, 15) is 4.79 Å². The summed E-state index contributed by atoms with van der Waals surface area (Å²) in [6.07, 6.45) is 5.87. The lowest BCUT2D eigenvalue weighted by atomic mass is 10.00. The minimum Gasteiger partial charge on any atom is -0.495 e. The fraction of sp³-hybridized carbons (Fsp3) is 0.368. The van der Waals surface area contributed by atoms with Crippen LogP contribution in [-0.4, -0.2) is 31.1 Å². The molecule has 1 aromatic carbocycles. The molecule has 1 atom stereocenters. The Labute approximate surface area is 142 Å². The van der Waals surface area contributed by atoms with Crippen molar-refractivity contribution in [2.45, 2.75) is 19.8 Å². The number of benzene rings is 1. The Morgan fingerprint density at radius 2 is 2.17 bits per heavy atom. The number of hydrogen-bond donors (Lipinski definition) is 1. The van der Waals surface area contributed by atoms with Gasteiger partial charge in [0.25, 0.3) is 5.91 Å². The van der Waals surface area contributed by atoms with Gasteiger partial charge >= 0.3 is 0 Å². The number of aromatic nitrogens is 1. The van der Waals surface area contributed by atoms with Crippen molar-refractivity contribution in [2.24, 2.45) is 5.92 Å². The number of nitrogens with one attached hydrogen (secondary N) is 1. The second kappa shape index (κ2) is 7.34. The number of nitrogens with zero attached hydrogens (tertiary/aromatic N) is 2. The summed E-state index contributed by atoms with van der Waals surface area (Å²) in [5, 5.41) is 2.89. The zero-order chi connectivity index (χ0) is 16.9. The van der Waals surface area contributed by atoms with Crippen LogP contribution in [0.25, 0.3) is 0 Å². The van der Waals surface area contributed by atoms with Gasteiger partial charge in [-0.2, -0.15) is 0 Å². The first-order valence-corrected chi connectivity index (χ1v) is 8.31. The lowest BCUT2D eigenvalue weighted by molar-refractivity contribution is 0.102. The summed E-state index contributed by atoms with van der Waals surface area (Å²) in [6, 6.07) is 9.28. The Morgan fingerprint density at radius 3 is 2.96 bits per heavy atom. The van der Waals surface area contributed by atoms with Gasteiger partial charge in [-0.15, -0.1) is 0 Å². The molecule has 1 aliphatic heterocycles. The van der Waals surface area contributed by atoms with Gasteiger partial charge < -0.3 is 15.0 Å². The molecule has 5 nitrogen and oxygen atoms in total. The summed E-state index contributed by atoms with van der Waals surface area (Å²) in [6.45, 7) is 4.29. The van der Waals surface area contributed by atoms with Crippen LogP contribution in [0.2, 0.25) is 0 Å². The molecule has 3 rings (SSSR count). The van der Waals surface area contributed by atoms with Gasteiger partial charge in [0.2, 0.25) is 0 Å². The van der Waals surface area contributed by atoms with Crippen LogP contribution in [0.3, 0.4) is 0 Å². The zero-order valence-electron chi connectivity index (χ0n) is 14.2. The molecule has 1 aromatic heterocycles. The summed E-state index contributed by atoms with van der Waals surface area (Å²) in [4.78, 5) is 19.1. The fourth-order valence-electron chi connectivity index (χ4n) is 3.09. The molecule has 1 unspecified atom stereocenters. The Bertz CT molecular complexity index is 717. The van der Waals surface area contributed by atoms with Crippen LogP contribution < -0.4 is 15.0 Å². The Balaban J connectivity index is 1.77. The van der Waals surface area contributed by atoms with E-state index in [4.69, 9.17) is 4.74 Å². The number of carbonyl (C=O) groups is 1. The molecule has 0 spiro atoms. The predicted octanol–water partition coefficient (Wildman–Crippen LogP) is 3.58. The summed E-state index contributed by atoms with van der Waals surface area (Å²) < 4.78 is 5.27. The van der Waals surface area contributed by atoms with Crippen molar-refractivity contribution in [1.82, 2.24) is 4.98 Å². The second-order valence-corrected chi connectivity index (χ2v) is 6.28. The topological polar surface area (TPSA) is 54.5 Å². The van der Waals surface area contributed by atoms with E-state index in [1.54, 1.807) is 13.3 Å². The Kier molecular flexibility index (Phi) is 4.99. The Hall–Kier alpha value is -2.56. The fourth-order valence-corrected chi connectivity index (χ4v) is 3.09. The van der Waals surface area contributed by atoms with Gasteiger partial charge in [-0.1, -0.05) is 19.1 Å². The number of amides is 1. The molecule has 1 saturated heterocycles. The molecule has 0 saturated carbocycles. The van der Waals surface area contributed by atoms with Gasteiger partial charge in [-0.3, -0.25) is 9.78 Å². The number of rotatable bonds is 4. The molecule has 0 aliphatic carbocycles. The van der Waals surface area contributed by atoms with Gasteiger partial charge in [-0.05, 0) is 37.0 Å². The van der Waals surface area contributed by atoms with Crippen LogP contribution in [0, 0.1) is 5.92 Å². The third kappa shape index (κ3) is 3.67. The Morgan fingerprint density at radius 1 is 1.33 bits per heavy atom. The number of carbonyl (C=O) groups excluding carboxylic acids is 1. The van der Waals surface area contributed by atoms with E-state index >= 15 is 0 Å². The minimum atomic E-state index is -0.182. The highest BCUT2D eigenvalue weighted by atomic mass is 16.5. The van der Waals surface area contributed by atoms with Crippen molar-refractivity contribution in [3.8, 4) is 5.75 Å². The smallest absolute Gasteiger partial charge is 0.257 e. The number of methoxy groups -OCH3 is 1. The summed E-state index contributed by atoms with van der Waals surface area (Å²) >= 11 is 0. The number of anilines is 2. The molecule has 0 radical (unpaired) electrons. The van der Waals surface area contributed by atoms with Gasteiger partial charge in [0, 0.05) is 19.3 Å². The van der Waals surface area contributed by atoms with E-state index in [1.807, 2.05) is 36.5 Å². The molecule has 126 valence electrons. The molecule has 5 heteroatoms. The highest BCUT2D eigenvalue weighted by Crippen LogP contribution is 2.25. The standard InChI is InChI=1S/C19H23N3O2/c1-14-6-5-9-22(13-14)16-10-15(11-20-12-16)19(23)21-17-7-3-4-8-18(17)24-2/h3-4,7-8,10-12,14H,5-6,9,13H2,1-2H3,(H,21,23). The average Bonchev–Trinajstić information content (AvgIpc) is 2.62. The largest absolute Gasteiger partial charge is 0.495 e. The maximum absolute atomic E-state index is 12.6. The minimum absolute atomic E-state index is 0.182. The zero-order valence-corrected chi connectivity index (χ0v) is 14.2. The molecular formula is C19H23N3O2. The lowest BCUT2D eigenvalue weighted by Crippen LogP contribution is -2.34. The van der Waals surface area contributed by atoms with Crippen LogP contribution in [0.15, 0.2) is 42.7 Å². The molecule has 1 aliphatic rings. The van der Waals surface area contributed by atoms with Crippen LogP contribution in [0.1, 0.15) is 30.1 Å². The highest BCUT2D eigenvalue weighted by molar-refractivity contribution is 6.05. The molecular weight excluding hydrogens is 302 g/mol. The van der Waals surface area contributed by atoms with E-state index in [2.05, 4.69) is 22.1 Å². The molecule has 2 aromatic rings. The van der Waals surface area contributed by atoms with Crippen molar-refractivity contribution in [2.75, 3.05) is 30.4 Å². The first kappa shape index (κ1) is 16.3. The van der Waals surface area contributed by atoms with E-state index in [0.717, 1.165) is 18.8 Å². The van der Waals surface area contributed by atoms with E-state index in [1.165, 1.54) is 12.8 Å². The van der Waals surface area contributed by atoms with Crippen molar-refractivity contribution in [3.63, 3.8) is 0 Å². The average molecular weight is 325 g/mol. The van der Waals surface area contributed by atoms with Crippen molar-refractivity contribution >= 4 is 17.3 Å². The molecule has 24 heavy (non-hydrogen) atoms. The highest BCUT2D eigenvalue weighted by Gasteiger charge is 2.18.